The summed E-state index contributed by atoms with van der Waals surface area (Å²) in [6.45, 7) is 3.30. The third-order valence-electron chi connectivity index (χ3n) is 3.63. The highest BCUT2D eigenvalue weighted by molar-refractivity contribution is 5.27. The predicted octanol–water partition coefficient (Wildman–Crippen LogP) is 6.02. The van der Waals surface area contributed by atoms with Crippen LogP contribution in [0.2, 0.25) is 0 Å². The van der Waals surface area contributed by atoms with Crippen molar-refractivity contribution in [1.82, 2.24) is 0 Å². The molecule has 0 saturated carbocycles. The van der Waals surface area contributed by atoms with E-state index < -0.39 is 30.5 Å². The average molecular weight is 360 g/mol. The maximum atomic E-state index is 13.8. The number of benzene rings is 1. The van der Waals surface area contributed by atoms with Crippen molar-refractivity contribution in [2.45, 2.75) is 63.7 Å². The Balaban J connectivity index is 2.92. The predicted molar refractivity (Wildman–Crippen MR) is 75.7 cm³/mol. The monoisotopic (exact) mass is 360 g/mol. The van der Waals surface area contributed by atoms with Crippen LogP contribution in [0.15, 0.2) is 24.3 Å². The number of aryl methyl sites for hydroxylation is 1. The molecule has 0 bridgehead atoms. The second-order valence-corrected chi connectivity index (χ2v) is 5.54. The molecule has 0 aromatic heterocycles. The lowest BCUT2D eigenvalue weighted by Gasteiger charge is -2.32. The number of rotatable bonds is 7. The third-order valence-corrected chi connectivity index (χ3v) is 3.63. The maximum absolute atomic E-state index is 13.8. The lowest BCUT2D eigenvalue weighted by atomic mass is 9.95. The molecule has 1 rings (SSSR count). The highest BCUT2D eigenvalue weighted by atomic mass is 19.4. The van der Waals surface area contributed by atoms with Crippen molar-refractivity contribution >= 4 is 0 Å². The molecule has 0 spiro atoms. The van der Waals surface area contributed by atoms with Crippen LogP contribution < -0.4 is 4.74 Å². The molecule has 1 aromatic rings. The van der Waals surface area contributed by atoms with Crippen LogP contribution >= 0.6 is 0 Å². The van der Waals surface area contributed by atoms with Crippen molar-refractivity contribution in [2.75, 3.05) is 0 Å². The van der Waals surface area contributed by atoms with Gasteiger partial charge in [-0.25, -0.2) is 4.39 Å². The van der Waals surface area contributed by atoms with Gasteiger partial charge in [-0.2, -0.15) is 26.3 Å². The first-order valence-electron chi connectivity index (χ1n) is 7.52. The normalized spacial score (nSPS) is 14.5. The fraction of sp³-hybridized carbons (Fsp3) is 0.625. The lowest BCUT2D eigenvalue weighted by molar-refractivity contribution is -0.346. The van der Waals surface area contributed by atoms with Crippen LogP contribution in [0.25, 0.3) is 0 Å². The van der Waals surface area contributed by atoms with Crippen LogP contribution in [0.4, 0.5) is 30.7 Å². The van der Waals surface area contributed by atoms with Gasteiger partial charge >= 0.3 is 18.0 Å². The van der Waals surface area contributed by atoms with E-state index in [0.717, 1.165) is 18.4 Å². The number of hydrogen-bond donors (Lipinski definition) is 0. The molecule has 0 amide bonds. The van der Waals surface area contributed by atoms with Gasteiger partial charge in [-0.15, -0.1) is 0 Å². The summed E-state index contributed by atoms with van der Waals surface area (Å²) in [5.74, 6) is 0.105. The van der Waals surface area contributed by atoms with E-state index in [2.05, 4.69) is 0 Å². The van der Waals surface area contributed by atoms with Crippen molar-refractivity contribution in [3.05, 3.63) is 29.8 Å². The summed E-state index contributed by atoms with van der Waals surface area (Å²) >= 11 is 0. The first-order valence-corrected chi connectivity index (χ1v) is 7.52. The summed E-state index contributed by atoms with van der Waals surface area (Å²) in [6.07, 6.45) is -14.1. The van der Waals surface area contributed by atoms with E-state index in [4.69, 9.17) is 4.74 Å². The Morgan fingerprint density at radius 3 is 1.75 bits per heavy atom. The minimum absolute atomic E-state index is 0.105. The van der Waals surface area contributed by atoms with Gasteiger partial charge in [-0.1, -0.05) is 32.4 Å². The Hall–Kier alpha value is -1.47. The summed E-state index contributed by atoms with van der Waals surface area (Å²) in [4.78, 5) is 0. The molecule has 0 heterocycles. The number of alkyl halides is 7. The lowest BCUT2D eigenvalue weighted by Crippen LogP contribution is -2.55. The van der Waals surface area contributed by atoms with Crippen molar-refractivity contribution in [2.24, 2.45) is 0 Å². The highest BCUT2D eigenvalue weighted by Crippen LogP contribution is 2.49. The fourth-order valence-corrected chi connectivity index (χ4v) is 2.19. The van der Waals surface area contributed by atoms with E-state index in [9.17, 15) is 30.7 Å². The Labute approximate surface area is 135 Å². The summed E-state index contributed by atoms with van der Waals surface area (Å²) in [6, 6.07) is 6.24. The van der Waals surface area contributed by atoms with Crippen molar-refractivity contribution in [3.63, 3.8) is 0 Å². The molecule has 0 saturated heterocycles. The van der Waals surface area contributed by atoms with Gasteiger partial charge in [0.15, 0.2) is 0 Å². The summed E-state index contributed by atoms with van der Waals surface area (Å²) in [5, 5.41) is 0. The molecule has 1 nitrogen and oxygen atoms in total. The standard InChI is InChI=1S/C16H19F7O/c1-3-5-11-6-8-13(9-7-11)24-12(4-2)10-14(17,15(18,19)20)16(21,22)23/h6-9,12H,3-5,10H2,1-2H3. The summed E-state index contributed by atoms with van der Waals surface area (Å²) in [7, 11) is 0. The van der Waals surface area contributed by atoms with Crippen LogP contribution in [0.3, 0.4) is 0 Å². The fourth-order valence-electron chi connectivity index (χ4n) is 2.19. The zero-order valence-corrected chi connectivity index (χ0v) is 13.3. The highest BCUT2D eigenvalue weighted by Gasteiger charge is 2.72. The molecule has 24 heavy (non-hydrogen) atoms. The van der Waals surface area contributed by atoms with Crippen LogP contribution in [0.5, 0.6) is 5.75 Å². The molecule has 1 aromatic carbocycles. The molecule has 0 aliphatic rings. The minimum Gasteiger partial charge on any atom is -0.490 e. The Morgan fingerprint density at radius 2 is 1.38 bits per heavy atom. The van der Waals surface area contributed by atoms with Gasteiger partial charge in [-0.3, -0.25) is 0 Å². The minimum atomic E-state index is -6.06. The quantitative estimate of drug-likeness (QED) is 0.540. The van der Waals surface area contributed by atoms with E-state index in [-0.39, 0.29) is 12.2 Å². The van der Waals surface area contributed by atoms with Gasteiger partial charge in [-0.05, 0) is 30.5 Å². The Kier molecular flexibility index (Phi) is 6.52. The zero-order valence-electron chi connectivity index (χ0n) is 13.3. The maximum Gasteiger partial charge on any atom is 0.431 e. The SMILES string of the molecule is CCCc1ccc(OC(CC)CC(F)(C(F)(F)F)C(F)(F)F)cc1. The molecule has 8 heteroatoms. The topological polar surface area (TPSA) is 9.23 Å². The molecular weight excluding hydrogens is 341 g/mol. The second-order valence-electron chi connectivity index (χ2n) is 5.54. The average Bonchev–Trinajstić information content (AvgIpc) is 2.46. The molecule has 0 aliphatic heterocycles. The van der Waals surface area contributed by atoms with Gasteiger partial charge in [0, 0.05) is 6.42 Å². The van der Waals surface area contributed by atoms with Crippen molar-refractivity contribution in [1.29, 1.82) is 0 Å². The van der Waals surface area contributed by atoms with Crippen LogP contribution in [0, 0.1) is 0 Å². The summed E-state index contributed by atoms with van der Waals surface area (Å²) in [5.41, 5.74) is -4.34. The van der Waals surface area contributed by atoms with Gasteiger partial charge in [0.25, 0.3) is 0 Å². The first kappa shape index (κ1) is 20.6. The zero-order chi connectivity index (χ0) is 18.6. The van der Waals surface area contributed by atoms with E-state index in [0.29, 0.717) is 0 Å². The molecule has 1 atom stereocenters. The van der Waals surface area contributed by atoms with Gasteiger partial charge < -0.3 is 4.74 Å². The molecule has 0 fully saturated rings. The van der Waals surface area contributed by atoms with E-state index in [1.54, 1.807) is 12.1 Å². The smallest absolute Gasteiger partial charge is 0.431 e. The van der Waals surface area contributed by atoms with E-state index >= 15 is 0 Å². The van der Waals surface area contributed by atoms with Crippen molar-refractivity contribution < 1.29 is 35.5 Å². The van der Waals surface area contributed by atoms with Gasteiger partial charge in [0.05, 0.1) is 0 Å². The molecular formula is C16H19F7O. The van der Waals surface area contributed by atoms with Gasteiger partial charge in [0.1, 0.15) is 11.9 Å². The van der Waals surface area contributed by atoms with Gasteiger partial charge in [0.2, 0.25) is 0 Å². The summed E-state index contributed by atoms with van der Waals surface area (Å²) < 4.78 is 94.7. The number of hydrogen-bond acceptors (Lipinski definition) is 1. The van der Waals surface area contributed by atoms with Crippen LogP contribution in [-0.2, 0) is 6.42 Å². The largest absolute Gasteiger partial charge is 0.490 e. The number of ether oxygens (including phenoxy) is 1. The molecule has 138 valence electrons. The number of halogens is 7. The van der Waals surface area contributed by atoms with Crippen molar-refractivity contribution in [3.8, 4) is 5.75 Å². The Morgan fingerprint density at radius 1 is 0.875 bits per heavy atom. The molecule has 0 aliphatic carbocycles. The Bertz CT molecular complexity index is 491. The molecule has 0 N–H and O–H groups in total. The van der Waals surface area contributed by atoms with E-state index in [1.165, 1.54) is 19.1 Å². The first-order chi connectivity index (χ1) is 10.9. The third kappa shape index (κ3) is 4.77. The van der Waals surface area contributed by atoms with Crippen LogP contribution in [-0.4, -0.2) is 24.1 Å². The molecule has 1 unspecified atom stereocenters. The second kappa shape index (κ2) is 7.61. The molecule has 0 radical (unpaired) electrons. The van der Waals surface area contributed by atoms with E-state index in [1.807, 2.05) is 6.92 Å². The van der Waals surface area contributed by atoms with Crippen LogP contribution in [0.1, 0.15) is 38.7 Å².